The zero-order valence-corrected chi connectivity index (χ0v) is 18.6. The number of benzene rings is 2. The van der Waals surface area contributed by atoms with Gasteiger partial charge >= 0.3 is 0 Å². The highest BCUT2D eigenvalue weighted by atomic mass is 35.5. The van der Waals surface area contributed by atoms with E-state index in [-0.39, 0.29) is 23.6 Å². The second-order valence-electron chi connectivity index (χ2n) is 7.38. The quantitative estimate of drug-likeness (QED) is 0.211. The van der Waals surface area contributed by atoms with Crippen molar-refractivity contribution in [1.82, 2.24) is 9.80 Å². The molecule has 2 aromatic rings. The number of halogens is 1. The van der Waals surface area contributed by atoms with Gasteiger partial charge in [0, 0.05) is 35.8 Å². The number of nitro benzene ring substituents is 1. The number of non-ortho nitro benzene ring substituents is 1. The van der Waals surface area contributed by atoms with Crippen LogP contribution in [0.5, 0.6) is 0 Å². The second kappa shape index (κ2) is 9.93. The van der Waals surface area contributed by atoms with Crippen molar-refractivity contribution < 1.29 is 19.6 Å². The van der Waals surface area contributed by atoms with Gasteiger partial charge in [0.25, 0.3) is 17.4 Å². The first-order valence-electron chi connectivity index (χ1n) is 10.3. The second-order valence-corrected chi connectivity index (χ2v) is 7.81. The molecule has 32 heavy (non-hydrogen) atoms. The molecular weight excluding hydrogens is 434 g/mol. The average molecular weight is 458 g/mol. The molecule has 1 fully saturated rings. The smallest absolute Gasteiger partial charge is 0.295 e. The molecule has 8 nitrogen and oxygen atoms in total. The van der Waals surface area contributed by atoms with Gasteiger partial charge in [0.05, 0.1) is 16.5 Å². The maximum atomic E-state index is 13.0. The summed E-state index contributed by atoms with van der Waals surface area (Å²) in [4.78, 5) is 40.2. The van der Waals surface area contributed by atoms with Crippen molar-refractivity contribution in [2.45, 2.75) is 19.9 Å². The summed E-state index contributed by atoms with van der Waals surface area (Å²) in [5.74, 6) is -1.92. The zero-order chi connectivity index (χ0) is 23.4. The van der Waals surface area contributed by atoms with Crippen molar-refractivity contribution in [2.24, 2.45) is 0 Å². The van der Waals surface area contributed by atoms with E-state index in [9.17, 15) is 24.8 Å². The Balaban J connectivity index is 2.13. The Morgan fingerprint density at radius 2 is 1.81 bits per heavy atom. The molecule has 1 aliphatic rings. The van der Waals surface area contributed by atoms with Crippen molar-refractivity contribution in [3.8, 4) is 0 Å². The summed E-state index contributed by atoms with van der Waals surface area (Å²) in [6, 6.07) is 11.1. The van der Waals surface area contributed by atoms with Crippen molar-refractivity contribution in [1.29, 1.82) is 0 Å². The molecule has 1 heterocycles. The van der Waals surface area contributed by atoms with Crippen LogP contribution < -0.4 is 0 Å². The molecule has 0 bridgehead atoms. The van der Waals surface area contributed by atoms with E-state index in [4.69, 9.17) is 11.6 Å². The minimum Gasteiger partial charge on any atom is -0.507 e. The van der Waals surface area contributed by atoms with Crippen molar-refractivity contribution in [3.63, 3.8) is 0 Å². The number of nitrogens with zero attached hydrogens (tertiary/aromatic N) is 3. The molecule has 0 radical (unpaired) electrons. The average Bonchev–Trinajstić information content (AvgIpc) is 3.04. The number of hydrogen-bond donors (Lipinski definition) is 1. The fourth-order valence-corrected chi connectivity index (χ4v) is 3.94. The van der Waals surface area contributed by atoms with E-state index < -0.39 is 22.7 Å². The summed E-state index contributed by atoms with van der Waals surface area (Å²) >= 11 is 5.93. The number of Topliss-reactive ketones (excluding diaryl/α,β-unsaturated/α-hetero) is 1. The summed E-state index contributed by atoms with van der Waals surface area (Å²) in [7, 11) is 0. The normalized spacial score (nSPS) is 17.9. The monoisotopic (exact) mass is 457 g/mol. The van der Waals surface area contributed by atoms with Crippen LogP contribution in [-0.2, 0) is 9.59 Å². The number of rotatable bonds is 8. The first-order valence-corrected chi connectivity index (χ1v) is 10.7. The first kappa shape index (κ1) is 23.4. The number of likely N-dealkylation sites (tertiary alicyclic amines) is 1. The molecule has 0 aliphatic carbocycles. The Morgan fingerprint density at radius 3 is 2.41 bits per heavy atom. The van der Waals surface area contributed by atoms with Crippen LogP contribution >= 0.6 is 11.6 Å². The fourth-order valence-electron chi connectivity index (χ4n) is 3.82. The Kier molecular flexibility index (Phi) is 7.27. The predicted octanol–water partition coefficient (Wildman–Crippen LogP) is 4.01. The summed E-state index contributed by atoms with van der Waals surface area (Å²) in [5.41, 5.74) is 0.445. The lowest BCUT2D eigenvalue weighted by atomic mass is 9.95. The van der Waals surface area contributed by atoms with Crippen LogP contribution in [0.25, 0.3) is 5.76 Å². The number of aliphatic hydroxyl groups excluding tert-OH is 1. The Labute approximate surface area is 190 Å². The number of nitro groups is 1. The third-order valence-electron chi connectivity index (χ3n) is 5.61. The largest absolute Gasteiger partial charge is 0.507 e. The Morgan fingerprint density at radius 1 is 1.16 bits per heavy atom. The predicted molar refractivity (Wildman–Crippen MR) is 121 cm³/mol. The van der Waals surface area contributed by atoms with E-state index >= 15 is 0 Å². The van der Waals surface area contributed by atoms with E-state index in [0.717, 1.165) is 13.1 Å². The summed E-state index contributed by atoms with van der Waals surface area (Å²) in [6.45, 7) is 6.29. The number of carbonyl (C=O) groups is 2. The van der Waals surface area contributed by atoms with Crippen molar-refractivity contribution >= 4 is 34.7 Å². The fraction of sp³-hybridized carbons (Fsp3) is 0.304. The lowest BCUT2D eigenvalue weighted by Crippen LogP contribution is -2.38. The molecular formula is C23H24ClN3O5. The Hall–Kier alpha value is -3.23. The van der Waals surface area contributed by atoms with E-state index in [2.05, 4.69) is 4.90 Å². The first-order chi connectivity index (χ1) is 15.3. The van der Waals surface area contributed by atoms with Crippen LogP contribution in [0.4, 0.5) is 5.69 Å². The highest BCUT2D eigenvalue weighted by Crippen LogP contribution is 2.40. The number of carbonyl (C=O) groups excluding carboxylic acids is 2. The van der Waals surface area contributed by atoms with Gasteiger partial charge in [0.2, 0.25) is 0 Å². The highest BCUT2D eigenvalue weighted by Gasteiger charge is 2.46. The molecule has 0 aromatic heterocycles. The summed E-state index contributed by atoms with van der Waals surface area (Å²) in [6.07, 6.45) is 0. The molecule has 9 heteroatoms. The van der Waals surface area contributed by atoms with E-state index in [0.29, 0.717) is 22.7 Å². The molecule has 0 unspecified atom stereocenters. The van der Waals surface area contributed by atoms with E-state index in [1.165, 1.54) is 23.1 Å². The molecule has 1 aliphatic heterocycles. The molecule has 3 rings (SSSR count). The van der Waals surface area contributed by atoms with Crippen LogP contribution in [0, 0.1) is 10.1 Å². The van der Waals surface area contributed by atoms with Gasteiger partial charge < -0.3 is 14.9 Å². The van der Waals surface area contributed by atoms with Gasteiger partial charge in [0.15, 0.2) is 0 Å². The van der Waals surface area contributed by atoms with Gasteiger partial charge in [-0.25, -0.2) is 0 Å². The van der Waals surface area contributed by atoms with Crippen LogP contribution in [-0.4, -0.2) is 57.7 Å². The lowest BCUT2D eigenvalue weighted by molar-refractivity contribution is -0.384. The van der Waals surface area contributed by atoms with Crippen molar-refractivity contribution in [3.05, 3.63) is 80.4 Å². The number of ketones is 1. The number of likely N-dealkylation sites (N-methyl/N-ethyl adjacent to an activating group) is 1. The zero-order valence-electron chi connectivity index (χ0n) is 17.8. The third-order valence-corrected chi connectivity index (χ3v) is 5.86. The number of amides is 1. The molecule has 0 spiro atoms. The van der Waals surface area contributed by atoms with Gasteiger partial charge in [-0.2, -0.15) is 0 Å². The minimum atomic E-state index is -0.943. The van der Waals surface area contributed by atoms with Gasteiger partial charge in [-0.05, 0) is 42.9 Å². The SMILES string of the molecule is CCN(CC)CCN1C(=O)C(=O)/C(=C(/O)c2ccc(Cl)cc2)[C@@H]1c1cccc([N+](=O)[O-])c1. The molecule has 1 atom stereocenters. The van der Waals surface area contributed by atoms with E-state index in [1.807, 2.05) is 13.8 Å². The highest BCUT2D eigenvalue weighted by molar-refractivity contribution is 6.46. The van der Waals surface area contributed by atoms with E-state index in [1.54, 1.807) is 30.3 Å². The topological polar surface area (TPSA) is 104 Å². The number of hydrogen-bond acceptors (Lipinski definition) is 6. The van der Waals surface area contributed by atoms with Crippen LogP contribution in [0.1, 0.15) is 31.0 Å². The van der Waals surface area contributed by atoms with Crippen LogP contribution in [0.2, 0.25) is 5.02 Å². The van der Waals surface area contributed by atoms with Crippen LogP contribution in [0.3, 0.4) is 0 Å². The third kappa shape index (κ3) is 4.66. The molecule has 168 valence electrons. The maximum Gasteiger partial charge on any atom is 0.295 e. The molecule has 1 saturated heterocycles. The standard InChI is InChI=1S/C23H24ClN3O5/c1-3-25(4-2)12-13-26-20(16-6-5-7-18(14-16)27(31)32)19(22(29)23(26)30)21(28)15-8-10-17(24)11-9-15/h5-11,14,20,28H,3-4,12-13H2,1-2H3/b21-19+/t20-/m0/s1. The Bertz CT molecular complexity index is 1060. The molecule has 1 amide bonds. The maximum absolute atomic E-state index is 13.0. The van der Waals surface area contributed by atoms with Crippen molar-refractivity contribution in [2.75, 3.05) is 26.2 Å². The lowest BCUT2D eigenvalue weighted by Gasteiger charge is -2.28. The van der Waals surface area contributed by atoms with Gasteiger partial charge in [-0.15, -0.1) is 0 Å². The van der Waals surface area contributed by atoms with Gasteiger partial charge in [-0.3, -0.25) is 19.7 Å². The molecule has 1 N–H and O–H groups in total. The van der Waals surface area contributed by atoms with Crippen LogP contribution in [0.15, 0.2) is 54.1 Å². The van der Waals surface area contributed by atoms with Gasteiger partial charge in [0.1, 0.15) is 5.76 Å². The summed E-state index contributed by atoms with van der Waals surface area (Å²) in [5, 5.41) is 22.8. The summed E-state index contributed by atoms with van der Waals surface area (Å²) < 4.78 is 0. The molecule has 2 aromatic carbocycles. The number of aliphatic hydroxyl groups is 1. The molecule has 0 saturated carbocycles. The van der Waals surface area contributed by atoms with Gasteiger partial charge in [-0.1, -0.05) is 37.6 Å². The minimum absolute atomic E-state index is 0.0997.